The third kappa shape index (κ3) is 3.81. The number of carbonyl (C=O) groups is 1. The standard InChI is InChI=1S/C20H19Cl2N3O/c1-12(2)11-25(3)20(26)19-23-17-9-8-13(21)10-15(17)18(24-19)14-6-4-5-7-16(14)22/h4-10,12H,11H2,1-3H3. The van der Waals surface area contributed by atoms with E-state index in [9.17, 15) is 4.79 Å². The molecule has 0 atom stereocenters. The number of hydrogen-bond donors (Lipinski definition) is 0. The number of aromatic nitrogens is 2. The molecule has 0 unspecified atom stereocenters. The highest BCUT2D eigenvalue weighted by Gasteiger charge is 2.20. The number of hydrogen-bond acceptors (Lipinski definition) is 3. The molecule has 0 saturated carbocycles. The van der Waals surface area contributed by atoms with Crippen molar-refractivity contribution >= 4 is 40.0 Å². The summed E-state index contributed by atoms with van der Waals surface area (Å²) in [5.74, 6) is 0.285. The maximum absolute atomic E-state index is 12.8. The van der Waals surface area contributed by atoms with E-state index in [0.717, 1.165) is 10.9 Å². The fourth-order valence-corrected chi connectivity index (χ4v) is 3.25. The number of nitrogens with zero attached hydrogens (tertiary/aromatic N) is 3. The minimum atomic E-state index is -0.219. The molecule has 0 aliphatic carbocycles. The van der Waals surface area contributed by atoms with E-state index in [1.807, 2.05) is 18.2 Å². The van der Waals surface area contributed by atoms with Gasteiger partial charge in [-0.1, -0.05) is 55.2 Å². The molecule has 0 N–H and O–H groups in total. The Hall–Kier alpha value is -2.17. The Bertz CT molecular complexity index is 972. The van der Waals surface area contributed by atoms with Crippen molar-refractivity contribution in [3.05, 3.63) is 58.3 Å². The molecule has 0 aliphatic rings. The molecule has 3 rings (SSSR count). The first-order chi connectivity index (χ1) is 12.4. The number of halogens is 2. The fraction of sp³-hybridized carbons (Fsp3) is 0.250. The van der Waals surface area contributed by atoms with Crippen molar-refractivity contribution in [3.8, 4) is 11.3 Å². The van der Waals surface area contributed by atoms with Crippen LogP contribution < -0.4 is 0 Å². The predicted octanol–water partition coefficient (Wildman–Crippen LogP) is 5.33. The molecule has 4 nitrogen and oxygen atoms in total. The van der Waals surface area contributed by atoms with Gasteiger partial charge in [0.1, 0.15) is 0 Å². The minimum Gasteiger partial charge on any atom is -0.339 e. The highest BCUT2D eigenvalue weighted by atomic mass is 35.5. The van der Waals surface area contributed by atoms with Crippen molar-refractivity contribution in [1.82, 2.24) is 14.9 Å². The summed E-state index contributed by atoms with van der Waals surface area (Å²) < 4.78 is 0. The van der Waals surface area contributed by atoms with Gasteiger partial charge in [-0.15, -0.1) is 0 Å². The molecule has 0 radical (unpaired) electrons. The zero-order valence-corrected chi connectivity index (χ0v) is 16.3. The molecule has 0 aliphatic heterocycles. The average molecular weight is 388 g/mol. The number of carbonyl (C=O) groups excluding carboxylic acids is 1. The molecule has 3 aromatic rings. The maximum Gasteiger partial charge on any atom is 0.291 e. The molecule has 2 aromatic carbocycles. The summed E-state index contributed by atoms with van der Waals surface area (Å²) in [6, 6.07) is 12.7. The summed E-state index contributed by atoms with van der Waals surface area (Å²) in [5, 5.41) is 1.89. The molecule has 1 amide bonds. The first kappa shape index (κ1) is 18.6. The number of benzene rings is 2. The van der Waals surface area contributed by atoms with Crippen molar-refractivity contribution in [2.75, 3.05) is 13.6 Å². The lowest BCUT2D eigenvalue weighted by atomic mass is 10.1. The van der Waals surface area contributed by atoms with Crippen LogP contribution in [0.1, 0.15) is 24.5 Å². The second-order valence-corrected chi connectivity index (χ2v) is 7.46. The van der Waals surface area contributed by atoms with Crippen molar-refractivity contribution in [3.63, 3.8) is 0 Å². The van der Waals surface area contributed by atoms with E-state index in [-0.39, 0.29) is 11.7 Å². The predicted molar refractivity (Wildman–Crippen MR) is 107 cm³/mol. The molecular weight excluding hydrogens is 369 g/mol. The van der Waals surface area contributed by atoms with Gasteiger partial charge in [-0.3, -0.25) is 4.79 Å². The Balaban J connectivity index is 2.20. The van der Waals surface area contributed by atoms with E-state index in [1.54, 1.807) is 36.2 Å². The monoisotopic (exact) mass is 387 g/mol. The van der Waals surface area contributed by atoms with E-state index in [4.69, 9.17) is 23.2 Å². The van der Waals surface area contributed by atoms with E-state index in [0.29, 0.717) is 33.7 Å². The normalized spacial score (nSPS) is 11.2. The maximum atomic E-state index is 12.8. The van der Waals surface area contributed by atoms with E-state index < -0.39 is 0 Å². The van der Waals surface area contributed by atoms with Crippen LogP contribution in [-0.4, -0.2) is 34.4 Å². The van der Waals surface area contributed by atoms with Crippen LogP contribution in [0, 0.1) is 5.92 Å². The van der Waals surface area contributed by atoms with Gasteiger partial charge in [0.2, 0.25) is 5.82 Å². The van der Waals surface area contributed by atoms with Gasteiger partial charge >= 0.3 is 0 Å². The van der Waals surface area contributed by atoms with Crippen LogP contribution in [0.2, 0.25) is 10.0 Å². The van der Waals surface area contributed by atoms with Gasteiger partial charge in [-0.2, -0.15) is 0 Å². The minimum absolute atomic E-state index is 0.151. The average Bonchev–Trinajstić information content (AvgIpc) is 2.60. The third-order valence-corrected chi connectivity index (χ3v) is 4.53. The van der Waals surface area contributed by atoms with Crippen LogP contribution >= 0.6 is 23.2 Å². The largest absolute Gasteiger partial charge is 0.339 e. The van der Waals surface area contributed by atoms with Crippen LogP contribution in [0.5, 0.6) is 0 Å². The Kier molecular flexibility index (Phi) is 5.44. The molecule has 134 valence electrons. The van der Waals surface area contributed by atoms with E-state index >= 15 is 0 Å². The quantitative estimate of drug-likeness (QED) is 0.607. The second-order valence-electron chi connectivity index (χ2n) is 6.62. The van der Waals surface area contributed by atoms with Crippen LogP contribution in [0.25, 0.3) is 22.2 Å². The molecule has 26 heavy (non-hydrogen) atoms. The topological polar surface area (TPSA) is 46.1 Å². The van der Waals surface area contributed by atoms with Gasteiger partial charge in [0.25, 0.3) is 5.91 Å². The van der Waals surface area contributed by atoms with Gasteiger partial charge in [0.15, 0.2) is 0 Å². The summed E-state index contributed by atoms with van der Waals surface area (Å²) in [6.45, 7) is 4.74. The summed E-state index contributed by atoms with van der Waals surface area (Å²) in [7, 11) is 1.76. The molecule has 1 heterocycles. The van der Waals surface area contributed by atoms with Crippen molar-refractivity contribution in [2.24, 2.45) is 5.92 Å². The third-order valence-electron chi connectivity index (χ3n) is 3.96. The van der Waals surface area contributed by atoms with Crippen molar-refractivity contribution < 1.29 is 4.79 Å². The number of rotatable bonds is 4. The first-order valence-electron chi connectivity index (χ1n) is 8.34. The molecule has 0 spiro atoms. The zero-order chi connectivity index (χ0) is 18.8. The van der Waals surface area contributed by atoms with E-state index in [2.05, 4.69) is 23.8 Å². The van der Waals surface area contributed by atoms with Crippen LogP contribution in [-0.2, 0) is 0 Å². The summed E-state index contributed by atoms with van der Waals surface area (Å²) in [5.41, 5.74) is 1.99. The Morgan fingerprint density at radius 2 is 1.85 bits per heavy atom. The van der Waals surface area contributed by atoms with Crippen molar-refractivity contribution in [1.29, 1.82) is 0 Å². The number of fused-ring (bicyclic) bond motifs is 1. The highest BCUT2D eigenvalue weighted by molar-refractivity contribution is 6.34. The Labute approximate surface area is 162 Å². The Morgan fingerprint density at radius 3 is 2.54 bits per heavy atom. The van der Waals surface area contributed by atoms with Gasteiger partial charge in [-0.05, 0) is 30.2 Å². The van der Waals surface area contributed by atoms with Crippen LogP contribution in [0.4, 0.5) is 0 Å². The van der Waals surface area contributed by atoms with E-state index in [1.165, 1.54) is 0 Å². The molecule has 0 fully saturated rings. The lowest BCUT2D eigenvalue weighted by molar-refractivity contribution is 0.0767. The smallest absolute Gasteiger partial charge is 0.291 e. The number of amides is 1. The van der Waals surface area contributed by atoms with Gasteiger partial charge < -0.3 is 4.90 Å². The van der Waals surface area contributed by atoms with Crippen molar-refractivity contribution in [2.45, 2.75) is 13.8 Å². The molecule has 0 saturated heterocycles. The van der Waals surface area contributed by atoms with Gasteiger partial charge in [0, 0.05) is 34.6 Å². The molecule has 1 aromatic heterocycles. The second kappa shape index (κ2) is 7.60. The molecule has 0 bridgehead atoms. The lowest BCUT2D eigenvalue weighted by Gasteiger charge is -2.19. The Morgan fingerprint density at radius 1 is 1.12 bits per heavy atom. The lowest BCUT2D eigenvalue weighted by Crippen LogP contribution is -2.31. The summed E-state index contributed by atoms with van der Waals surface area (Å²) in [4.78, 5) is 23.5. The van der Waals surface area contributed by atoms with Gasteiger partial charge in [0.05, 0.1) is 11.2 Å². The summed E-state index contributed by atoms with van der Waals surface area (Å²) in [6.07, 6.45) is 0. The zero-order valence-electron chi connectivity index (χ0n) is 14.8. The molecule has 6 heteroatoms. The molecular formula is C20H19Cl2N3O. The van der Waals surface area contributed by atoms with Crippen LogP contribution in [0.3, 0.4) is 0 Å². The first-order valence-corrected chi connectivity index (χ1v) is 9.10. The highest BCUT2D eigenvalue weighted by Crippen LogP contribution is 2.32. The summed E-state index contributed by atoms with van der Waals surface area (Å²) >= 11 is 12.5. The fourth-order valence-electron chi connectivity index (χ4n) is 2.86. The van der Waals surface area contributed by atoms with Crippen LogP contribution in [0.15, 0.2) is 42.5 Å². The SMILES string of the molecule is CC(C)CN(C)C(=O)c1nc(-c2ccccc2Cl)c2cc(Cl)ccc2n1. The van der Waals surface area contributed by atoms with Gasteiger partial charge in [-0.25, -0.2) is 9.97 Å².